The molecular weight excluding hydrogens is 226 g/mol. The molecule has 0 saturated heterocycles. The first-order valence-electron chi connectivity index (χ1n) is 6.16. The van der Waals surface area contributed by atoms with Crippen molar-refractivity contribution in [2.45, 2.75) is 31.7 Å². The standard InChI is InChI=1S/C15H19NS/c16-14(12-13-6-2-1-3-7-13)8-4-9-15-10-5-11-17-15/h1-3,5-7,10-11,14H,4,8-9,12,16H2. The van der Waals surface area contributed by atoms with Crippen LogP contribution in [0, 0.1) is 0 Å². The van der Waals surface area contributed by atoms with Crippen molar-refractivity contribution in [1.29, 1.82) is 0 Å². The van der Waals surface area contributed by atoms with E-state index < -0.39 is 0 Å². The number of hydrogen-bond donors (Lipinski definition) is 1. The Hall–Kier alpha value is -1.12. The van der Waals surface area contributed by atoms with Crippen molar-refractivity contribution >= 4 is 11.3 Å². The van der Waals surface area contributed by atoms with Crippen LogP contribution in [0.2, 0.25) is 0 Å². The van der Waals surface area contributed by atoms with E-state index in [-0.39, 0.29) is 6.04 Å². The van der Waals surface area contributed by atoms with E-state index in [2.05, 4.69) is 41.8 Å². The molecule has 2 heteroatoms. The highest BCUT2D eigenvalue weighted by atomic mass is 32.1. The lowest BCUT2D eigenvalue weighted by Crippen LogP contribution is -2.22. The van der Waals surface area contributed by atoms with Gasteiger partial charge in [0.15, 0.2) is 0 Å². The van der Waals surface area contributed by atoms with Gasteiger partial charge in [-0.2, -0.15) is 0 Å². The quantitative estimate of drug-likeness (QED) is 0.826. The molecule has 0 spiro atoms. The Labute approximate surface area is 107 Å². The van der Waals surface area contributed by atoms with E-state index in [1.165, 1.54) is 23.3 Å². The summed E-state index contributed by atoms with van der Waals surface area (Å²) in [4.78, 5) is 1.47. The second kappa shape index (κ2) is 6.58. The van der Waals surface area contributed by atoms with Crippen LogP contribution in [0.15, 0.2) is 47.8 Å². The Bertz CT molecular complexity index is 408. The number of rotatable bonds is 6. The molecule has 0 aliphatic rings. The molecule has 2 aromatic rings. The SMILES string of the molecule is NC(CCCc1cccs1)Cc1ccccc1. The summed E-state index contributed by atoms with van der Waals surface area (Å²) in [6.45, 7) is 0. The lowest BCUT2D eigenvalue weighted by atomic mass is 10.0. The van der Waals surface area contributed by atoms with Gasteiger partial charge in [-0.3, -0.25) is 0 Å². The first kappa shape index (κ1) is 12.3. The van der Waals surface area contributed by atoms with Crippen molar-refractivity contribution < 1.29 is 0 Å². The average Bonchev–Trinajstić information content (AvgIpc) is 2.83. The van der Waals surface area contributed by atoms with Crippen molar-refractivity contribution in [1.82, 2.24) is 0 Å². The molecule has 1 atom stereocenters. The number of thiophene rings is 1. The maximum atomic E-state index is 6.15. The predicted molar refractivity (Wildman–Crippen MR) is 75.4 cm³/mol. The van der Waals surface area contributed by atoms with Crippen molar-refractivity contribution in [2.24, 2.45) is 5.73 Å². The molecule has 1 nitrogen and oxygen atoms in total. The van der Waals surface area contributed by atoms with E-state index >= 15 is 0 Å². The largest absolute Gasteiger partial charge is 0.327 e. The second-order valence-electron chi connectivity index (χ2n) is 4.42. The first-order valence-corrected chi connectivity index (χ1v) is 7.04. The fourth-order valence-electron chi connectivity index (χ4n) is 2.01. The van der Waals surface area contributed by atoms with E-state index in [1.54, 1.807) is 0 Å². The van der Waals surface area contributed by atoms with Crippen molar-refractivity contribution in [2.75, 3.05) is 0 Å². The van der Waals surface area contributed by atoms with Crippen LogP contribution in [0.5, 0.6) is 0 Å². The highest BCUT2D eigenvalue weighted by molar-refractivity contribution is 7.09. The highest BCUT2D eigenvalue weighted by Crippen LogP contribution is 2.13. The molecule has 1 heterocycles. The molecule has 0 aliphatic heterocycles. The molecule has 1 unspecified atom stereocenters. The maximum absolute atomic E-state index is 6.15. The van der Waals surface area contributed by atoms with Gasteiger partial charge in [0, 0.05) is 10.9 Å². The molecule has 2 rings (SSSR count). The topological polar surface area (TPSA) is 26.0 Å². The van der Waals surface area contributed by atoms with Gasteiger partial charge in [0.05, 0.1) is 0 Å². The molecule has 90 valence electrons. The summed E-state index contributed by atoms with van der Waals surface area (Å²) < 4.78 is 0. The summed E-state index contributed by atoms with van der Waals surface area (Å²) in [5.41, 5.74) is 7.49. The van der Waals surface area contributed by atoms with Crippen LogP contribution in [0.3, 0.4) is 0 Å². The van der Waals surface area contributed by atoms with E-state index in [1.807, 2.05) is 17.4 Å². The first-order chi connectivity index (χ1) is 8.34. The number of hydrogen-bond acceptors (Lipinski definition) is 2. The van der Waals surface area contributed by atoms with Gasteiger partial charge in [-0.15, -0.1) is 11.3 Å². The van der Waals surface area contributed by atoms with Crippen LogP contribution in [0.4, 0.5) is 0 Å². The average molecular weight is 245 g/mol. The summed E-state index contributed by atoms with van der Waals surface area (Å²) in [6, 6.07) is 15.1. The van der Waals surface area contributed by atoms with Gasteiger partial charge < -0.3 is 5.73 Å². The van der Waals surface area contributed by atoms with Crippen LogP contribution >= 0.6 is 11.3 Å². The smallest absolute Gasteiger partial charge is 0.00794 e. The third-order valence-electron chi connectivity index (χ3n) is 2.92. The van der Waals surface area contributed by atoms with Gasteiger partial charge in [-0.05, 0) is 42.7 Å². The van der Waals surface area contributed by atoms with E-state index in [0.717, 1.165) is 12.8 Å². The molecule has 0 radical (unpaired) electrons. The van der Waals surface area contributed by atoms with Gasteiger partial charge in [-0.1, -0.05) is 36.4 Å². The molecule has 0 amide bonds. The van der Waals surface area contributed by atoms with E-state index in [9.17, 15) is 0 Å². The van der Waals surface area contributed by atoms with Crippen LogP contribution < -0.4 is 5.73 Å². The number of benzene rings is 1. The van der Waals surface area contributed by atoms with Crippen molar-refractivity contribution in [3.63, 3.8) is 0 Å². The zero-order chi connectivity index (χ0) is 11.9. The Morgan fingerprint density at radius 2 is 1.88 bits per heavy atom. The van der Waals surface area contributed by atoms with Gasteiger partial charge >= 0.3 is 0 Å². The molecule has 0 aliphatic carbocycles. The molecule has 1 aromatic heterocycles. The van der Waals surface area contributed by atoms with E-state index in [4.69, 9.17) is 5.73 Å². The third-order valence-corrected chi connectivity index (χ3v) is 3.86. The summed E-state index contributed by atoms with van der Waals surface area (Å²) in [6.07, 6.45) is 4.45. The van der Waals surface area contributed by atoms with Crippen LogP contribution in [-0.2, 0) is 12.8 Å². The second-order valence-corrected chi connectivity index (χ2v) is 5.45. The van der Waals surface area contributed by atoms with Gasteiger partial charge in [0.2, 0.25) is 0 Å². The summed E-state index contributed by atoms with van der Waals surface area (Å²) >= 11 is 1.84. The highest BCUT2D eigenvalue weighted by Gasteiger charge is 2.04. The Balaban J connectivity index is 1.69. The normalized spacial score (nSPS) is 12.5. The van der Waals surface area contributed by atoms with Gasteiger partial charge in [-0.25, -0.2) is 0 Å². The fourth-order valence-corrected chi connectivity index (χ4v) is 2.76. The van der Waals surface area contributed by atoms with Crippen molar-refractivity contribution in [3.05, 3.63) is 58.3 Å². The zero-order valence-corrected chi connectivity index (χ0v) is 10.8. The zero-order valence-electron chi connectivity index (χ0n) is 10.0. The molecule has 0 fully saturated rings. The lowest BCUT2D eigenvalue weighted by Gasteiger charge is -2.10. The third kappa shape index (κ3) is 4.33. The lowest BCUT2D eigenvalue weighted by molar-refractivity contribution is 0.582. The minimum atomic E-state index is 0.289. The fraction of sp³-hybridized carbons (Fsp3) is 0.333. The molecule has 2 N–H and O–H groups in total. The van der Waals surface area contributed by atoms with Gasteiger partial charge in [0.1, 0.15) is 0 Å². The summed E-state index contributed by atoms with van der Waals surface area (Å²) in [5, 5.41) is 2.14. The summed E-state index contributed by atoms with van der Waals surface area (Å²) in [7, 11) is 0. The summed E-state index contributed by atoms with van der Waals surface area (Å²) in [5.74, 6) is 0. The van der Waals surface area contributed by atoms with Crippen molar-refractivity contribution in [3.8, 4) is 0 Å². The van der Waals surface area contributed by atoms with Crippen LogP contribution in [-0.4, -0.2) is 6.04 Å². The Morgan fingerprint density at radius 1 is 1.06 bits per heavy atom. The molecule has 0 saturated carbocycles. The van der Waals surface area contributed by atoms with Crippen LogP contribution in [0.25, 0.3) is 0 Å². The van der Waals surface area contributed by atoms with Crippen LogP contribution in [0.1, 0.15) is 23.3 Å². The number of nitrogens with two attached hydrogens (primary N) is 1. The maximum Gasteiger partial charge on any atom is 0.00794 e. The minimum absolute atomic E-state index is 0.289. The Kier molecular flexibility index (Phi) is 4.77. The van der Waals surface area contributed by atoms with Gasteiger partial charge in [0.25, 0.3) is 0 Å². The molecule has 1 aromatic carbocycles. The predicted octanol–water partition coefficient (Wildman–Crippen LogP) is 3.64. The molecule has 17 heavy (non-hydrogen) atoms. The molecule has 0 bridgehead atoms. The molecular formula is C15H19NS. The van der Waals surface area contributed by atoms with E-state index in [0.29, 0.717) is 0 Å². The minimum Gasteiger partial charge on any atom is -0.327 e. The monoisotopic (exact) mass is 245 g/mol. The number of aryl methyl sites for hydroxylation is 1. The Morgan fingerprint density at radius 3 is 2.59 bits per heavy atom.